The van der Waals surface area contributed by atoms with Gasteiger partial charge in [-0.3, -0.25) is 23.2 Å². The lowest BCUT2D eigenvalue weighted by Gasteiger charge is -2.21. The first-order chi connectivity index (χ1) is 18.4. The number of aromatic nitrogens is 3. The van der Waals surface area contributed by atoms with Crippen molar-refractivity contribution in [3.8, 4) is 17.0 Å². The molecule has 1 aromatic carbocycles. The minimum Gasteiger partial charge on any atom is -0.438 e. The zero-order valence-electron chi connectivity index (χ0n) is 23.1. The van der Waals surface area contributed by atoms with Crippen LogP contribution in [0.4, 0.5) is 13.2 Å². The molecule has 0 saturated carbocycles. The molecule has 0 N–H and O–H groups in total. The van der Waals surface area contributed by atoms with Gasteiger partial charge in [0.2, 0.25) is 13.6 Å². The maximum absolute atomic E-state index is 13.2. The minimum absolute atomic E-state index is 0.195. The van der Waals surface area contributed by atoms with E-state index in [4.69, 9.17) is 18.5 Å². The van der Waals surface area contributed by atoms with Crippen molar-refractivity contribution in [2.24, 2.45) is 10.8 Å². The second kappa shape index (κ2) is 13.4. The number of hydrogen-bond donors (Lipinski definition) is 0. The molecule has 0 bridgehead atoms. The third kappa shape index (κ3) is 11.5. The summed E-state index contributed by atoms with van der Waals surface area (Å²) in [6.07, 6.45) is -0.377. The number of carbonyl (C=O) groups excluding carboxylic acids is 2. The second-order valence-electron chi connectivity index (χ2n) is 10.5. The van der Waals surface area contributed by atoms with E-state index in [0.29, 0.717) is 11.3 Å². The topological polar surface area (TPSA) is 128 Å². The smallest absolute Gasteiger partial charge is 0.438 e. The Morgan fingerprint density at radius 2 is 1.43 bits per heavy atom. The summed E-state index contributed by atoms with van der Waals surface area (Å²) in [7, 11) is -3.90. The molecule has 0 atom stereocenters. The molecule has 0 saturated heterocycles. The van der Waals surface area contributed by atoms with E-state index in [2.05, 4.69) is 15.0 Å². The van der Waals surface area contributed by atoms with Gasteiger partial charge in [0, 0.05) is 5.56 Å². The van der Waals surface area contributed by atoms with Crippen molar-refractivity contribution in [1.82, 2.24) is 15.0 Å². The van der Waals surface area contributed by atoms with Crippen LogP contribution in [0, 0.1) is 10.8 Å². The average molecular weight is 592 g/mol. The summed E-state index contributed by atoms with van der Waals surface area (Å²) in [5.74, 6) is -1.50. The highest BCUT2D eigenvalue weighted by atomic mass is 31.2. The summed E-state index contributed by atoms with van der Waals surface area (Å²) in [6, 6.07) is 5.15. The first kappa shape index (κ1) is 33.0. The number of ether oxygens (including phenoxy) is 3. The van der Waals surface area contributed by atoms with Crippen LogP contribution >= 0.6 is 7.60 Å². The van der Waals surface area contributed by atoms with Crippen LogP contribution < -0.4 is 4.74 Å². The molecule has 15 heteroatoms. The molecule has 0 radical (unpaired) electrons. The molecule has 2 aromatic rings. The van der Waals surface area contributed by atoms with E-state index in [1.165, 1.54) is 22.9 Å². The molecule has 0 amide bonds. The van der Waals surface area contributed by atoms with Crippen LogP contribution in [0.5, 0.6) is 5.75 Å². The predicted octanol–water partition coefficient (Wildman–Crippen LogP) is 5.72. The van der Waals surface area contributed by atoms with E-state index in [1.807, 2.05) is 0 Å². The van der Waals surface area contributed by atoms with E-state index >= 15 is 0 Å². The lowest BCUT2D eigenvalue weighted by Crippen LogP contribution is -2.25. The Morgan fingerprint density at radius 3 is 1.90 bits per heavy atom. The maximum atomic E-state index is 13.2. The predicted molar refractivity (Wildman–Crippen MR) is 137 cm³/mol. The van der Waals surface area contributed by atoms with Gasteiger partial charge in [0.1, 0.15) is 11.4 Å². The summed E-state index contributed by atoms with van der Waals surface area (Å²) in [6.45, 7) is 8.81. The highest BCUT2D eigenvalue weighted by Gasteiger charge is 2.31. The van der Waals surface area contributed by atoms with Gasteiger partial charge in [0.25, 0.3) is 0 Å². The van der Waals surface area contributed by atoms with Crippen molar-refractivity contribution < 1.29 is 50.6 Å². The lowest BCUT2D eigenvalue weighted by atomic mass is 9.98. The number of halogens is 3. The molecule has 0 fully saturated rings. The molecule has 2 rings (SSSR count). The van der Waals surface area contributed by atoms with Crippen molar-refractivity contribution in [3.05, 3.63) is 42.6 Å². The number of nitrogens with zero attached hydrogens (tertiary/aromatic N) is 3. The van der Waals surface area contributed by atoms with E-state index in [1.54, 1.807) is 53.8 Å². The van der Waals surface area contributed by atoms with Crippen molar-refractivity contribution >= 4 is 19.5 Å². The first-order valence-corrected chi connectivity index (χ1v) is 13.7. The number of allylic oxidation sites excluding steroid dienone is 2. The Labute approximate surface area is 230 Å². The van der Waals surface area contributed by atoms with Gasteiger partial charge in [-0.05, 0) is 65.8 Å². The van der Waals surface area contributed by atoms with Crippen LogP contribution in [0.2, 0.25) is 0 Å². The molecule has 11 nitrogen and oxygen atoms in total. The zero-order valence-corrected chi connectivity index (χ0v) is 24.0. The van der Waals surface area contributed by atoms with Gasteiger partial charge in [0.15, 0.2) is 0 Å². The van der Waals surface area contributed by atoms with Crippen LogP contribution in [0.15, 0.2) is 42.6 Å². The molecule has 40 heavy (non-hydrogen) atoms. The quantitative estimate of drug-likeness (QED) is 0.131. The van der Waals surface area contributed by atoms with Gasteiger partial charge in [0.05, 0.1) is 29.7 Å². The molecule has 0 aliphatic carbocycles. The maximum Gasteiger partial charge on any atom is 0.573 e. The Balaban J connectivity index is 1.98. The number of alkyl halides is 3. The fourth-order valence-corrected chi connectivity index (χ4v) is 3.75. The summed E-state index contributed by atoms with van der Waals surface area (Å²) in [5.41, 5.74) is -0.672. The normalized spacial score (nSPS) is 12.9. The number of carbonyl (C=O) groups is 2. The number of esters is 2. The average Bonchev–Trinajstić information content (AvgIpc) is 3.29. The summed E-state index contributed by atoms with van der Waals surface area (Å²) < 4.78 is 76.0. The lowest BCUT2D eigenvalue weighted by molar-refractivity contribution is -0.274. The van der Waals surface area contributed by atoms with Gasteiger partial charge in [-0.15, -0.1) is 18.3 Å². The van der Waals surface area contributed by atoms with Gasteiger partial charge < -0.3 is 14.2 Å². The Bertz CT molecular complexity index is 1180. The highest BCUT2D eigenvalue weighted by molar-refractivity contribution is 7.54. The van der Waals surface area contributed by atoms with Crippen LogP contribution in [0.3, 0.4) is 0 Å². The van der Waals surface area contributed by atoms with Crippen LogP contribution in [0.25, 0.3) is 11.3 Å². The largest absolute Gasteiger partial charge is 0.573 e. The summed E-state index contributed by atoms with van der Waals surface area (Å²) in [4.78, 5) is 23.9. The van der Waals surface area contributed by atoms with Gasteiger partial charge in [-0.1, -0.05) is 17.4 Å². The van der Waals surface area contributed by atoms with Crippen molar-refractivity contribution in [1.29, 1.82) is 0 Å². The molecule has 0 aliphatic rings. The third-order valence-corrected chi connectivity index (χ3v) is 6.47. The van der Waals surface area contributed by atoms with Gasteiger partial charge in [-0.25, -0.2) is 4.68 Å². The Hall–Kier alpha value is -3.22. The number of hydrogen-bond acceptors (Lipinski definition) is 10. The SMILES string of the molecule is CC(C)(C)C(=O)OCOP(=O)(C/C=C/Cn1cc(-c2ccc(OC(F)(F)F)cc2)nn1)OCOC(=O)C(C)(C)C. The molecule has 1 heterocycles. The van der Waals surface area contributed by atoms with Gasteiger partial charge >= 0.3 is 25.9 Å². The number of rotatable bonds is 12. The standard InChI is InChI=1S/C25H33F3N3O8P/c1-23(2,3)21(32)35-16-37-40(34,38-17-36-22(33)24(4,5)6)14-8-7-13-31-15-20(29-30-31)18-9-11-19(12-10-18)39-25(26,27)28/h7-12,15H,13-14,16-17H2,1-6H3/b8-7+. The molecule has 0 unspecified atom stereocenters. The van der Waals surface area contributed by atoms with Crippen LogP contribution in [-0.2, 0) is 39.2 Å². The first-order valence-electron chi connectivity index (χ1n) is 12.0. The van der Waals surface area contributed by atoms with Crippen molar-refractivity contribution in [2.45, 2.75) is 54.4 Å². The zero-order chi connectivity index (χ0) is 30.2. The fourth-order valence-electron chi connectivity index (χ4n) is 2.63. The van der Waals surface area contributed by atoms with Crippen molar-refractivity contribution in [3.63, 3.8) is 0 Å². The minimum atomic E-state index is -4.79. The molecule has 222 valence electrons. The van der Waals surface area contributed by atoms with Crippen LogP contribution in [0.1, 0.15) is 41.5 Å². The van der Waals surface area contributed by atoms with Gasteiger partial charge in [-0.2, -0.15) is 0 Å². The summed E-state index contributed by atoms with van der Waals surface area (Å²) >= 11 is 0. The molecule has 0 aliphatic heterocycles. The second-order valence-corrected chi connectivity index (χ2v) is 12.6. The van der Waals surface area contributed by atoms with E-state index in [0.717, 1.165) is 12.1 Å². The molecular weight excluding hydrogens is 558 g/mol. The molecule has 1 aromatic heterocycles. The summed E-state index contributed by atoms with van der Waals surface area (Å²) in [5, 5.41) is 7.94. The van der Waals surface area contributed by atoms with Crippen molar-refractivity contribution in [2.75, 3.05) is 19.7 Å². The van der Waals surface area contributed by atoms with E-state index in [9.17, 15) is 27.3 Å². The number of benzene rings is 1. The third-order valence-electron chi connectivity index (χ3n) is 4.81. The van der Waals surface area contributed by atoms with E-state index < -0.39 is 50.3 Å². The fraction of sp³-hybridized carbons (Fsp3) is 0.520. The van der Waals surface area contributed by atoms with E-state index in [-0.39, 0.29) is 18.5 Å². The Morgan fingerprint density at radius 1 is 0.900 bits per heavy atom. The molecule has 0 spiro atoms. The Kier molecular flexibility index (Phi) is 11.1. The highest BCUT2D eigenvalue weighted by Crippen LogP contribution is 2.48. The van der Waals surface area contributed by atoms with Crippen LogP contribution in [-0.4, -0.2) is 53.0 Å². The monoisotopic (exact) mass is 591 g/mol. The molecular formula is C25H33F3N3O8P.